The molecule has 0 radical (unpaired) electrons. The number of rotatable bonds is 6. The van der Waals surface area contributed by atoms with Crippen LogP contribution in [0.15, 0.2) is 0 Å². The van der Waals surface area contributed by atoms with E-state index in [0.717, 1.165) is 0 Å². The van der Waals surface area contributed by atoms with Gasteiger partial charge in [-0.1, -0.05) is 0 Å². The van der Waals surface area contributed by atoms with E-state index in [1.54, 1.807) is 0 Å². The highest BCUT2D eigenvalue weighted by molar-refractivity contribution is 7.69. The molecule has 0 heterocycles. The molecule has 0 spiro atoms. The molecule has 0 aliphatic rings. The van der Waals surface area contributed by atoms with Crippen LogP contribution < -0.4 is 0 Å². The van der Waals surface area contributed by atoms with Crippen molar-refractivity contribution in [1.29, 1.82) is 0 Å². The second-order valence-electron chi connectivity index (χ2n) is 1.38. The van der Waals surface area contributed by atoms with Gasteiger partial charge in [-0.3, -0.25) is 0 Å². The Bertz CT molecular complexity index is 99.3. The van der Waals surface area contributed by atoms with Crippen molar-refractivity contribution in [2.24, 2.45) is 0 Å². The van der Waals surface area contributed by atoms with Gasteiger partial charge >= 0.3 is 7.38 Å². The monoisotopic (exact) mass is 187 g/mol. The SMILES string of the molecule is O=[P+](Cl)OCCOCCO. The molecule has 0 amide bonds. The van der Waals surface area contributed by atoms with Crippen LogP contribution in [0.25, 0.3) is 0 Å². The van der Waals surface area contributed by atoms with Gasteiger partial charge in [0.05, 0.1) is 19.8 Å². The normalized spacial score (nSPS) is 11.6. The first-order valence-electron chi connectivity index (χ1n) is 2.72. The van der Waals surface area contributed by atoms with Gasteiger partial charge in [-0.05, 0) is 4.57 Å². The molecule has 4 nitrogen and oxygen atoms in total. The van der Waals surface area contributed by atoms with Crippen molar-refractivity contribution in [3.8, 4) is 0 Å². The lowest BCUT2D eigenvalue weighted by Crippen LogP contribution is -2.04. The van der Waals surface area contributed by atoms with E-state index >= 15 is 0 Å². The Morgan fingerprint density at radius 3 is 2.60 bits per heavy atom. The van der Waals surface area contributed by atoms with E-state index < -0.39 is 7.38 Å². The molecule has 0 aliphatic carbocycles. The third-order valence-corrected chi connectivity index (χ3v) is 1.33. The molecule has 0 bridgehead atoms. The molecule has 1 unspecified atom stereocenters. The number of halogens is 1. The van der Waals surface area contributed by atoms with E-state index in [1.807, 2.05) is 0 Å². The Morgan fingerprint density at radius 1 is 1.40 bits per heavy atom. The molecule has 1 N–H and O–H groups in total. The van der Waals surface area contributed by atoms with Gasteiger partial charge in [0.25, 0.3) is 0 Å². The maximum Gasteiger partial charge on any atom is 0.633 e. The van der Waals surface area contributed by atoms with Gasteiger partial charge in [0.1, 0.15) is 6.61 Å². The molecule has 0 fully saturated rings. The average Bonchev–Trinajstić information content (AvgIpc) is 1.87. The van der Waals surface area contributed by atoms with Crippen LogP contribution in [0.2, 0.25) is 0 Å². The zero-order valence-electron chi connectivity index (χ0n) is 5.33. The van der Waals surface area contributed by atoms with Crippen LogP contribution in [-0.4, -0.2) is 31.5 Å². The van der Waals surface area contributed by atoms with Crippen molar-refractivity contribution in [1.82, 2.24) is 0 Å². The lowest BCUT2D eigenvalue weighted by atomic mass is 10.7. The quantitative estimate of drug-likeness (QED) is 0.496. The first-order chi connectivity index (χ1) is 4.77. The summed E-state index contributed by atoms with van der Waals surface area (Å²) in [4.78, 5) is 0. The maximum absolute atomic E-state index is 10.1. The van der Waals surface area contributed by atoms with Gasteiger partial charge in [-0.25, -0.2) is 0 Å². The van der Waals surface area contributed by atoms with Crippen molar-refractivity contribution < 1.29 is 18.9 Å². The smallest absolute Gasteiger partial charge is 0.394 e. The second-order valence-corrected chi connectivity index (χ2v) is 2.89. The van der Waals surface area contributed by atoms with Crippen LogP contribution in [0.1, 0.15) is 0 Å². The van der Waals surface area contributed by atoms with Crippen LogP contribution in [0.3, 0.4) is 0 Å². The first-order valence-corrected chi connectivity index (χ1v) is 4.80. The topological polar surface area (TPSA) is 55.8 Å². The maximum atomic E-state index is 10.1. The minimum atomic E-state index is -2.04. The number of ether oxygens (including phenoxy) is 1. The molecule has 60 valence electrons. The van der Waals surface area contributed by atoms with Crippen molar-refractivity contribution in [2.75, 3.05) is 26.4 Å². The Kier molecular flexibility index (Phi) is 7.58. The summed E-state index contributed by atoms with van der Waals surface area (Å²) in [6.07, 6.45) is 0. The predicted molar refractivity (Wildman–Crippen MR) is 37.3 cm³/mol. The van der Waals surface area contributed by atoms with E-state index in [-0.39, 0.29) is 19.8 Å². The second kappa shape index (κ2) is 7.38. The standard InChI is InChI=1S/C4H9ClO4P/c5-10(7)9-4-3-8-2-1-6/h6H,1-4H2/q+1. The zero-order valence-corrected chi connectivity index (χ0v) is 6.98. The molecule has 0 aromatic carbocycles. The van der Waals surface area contributed by atoms with Gasteiger partial charge in [0.2, 0.25) is 11.2 Å². The third kappa shape index (κ3) is 8.27. The number of hydrogen-bond donors (Lipinski definition) is 1. The molecule has 0 saturated heterocycles. The Morgan fingerprint density at radius 2 is 2.10 bits per heavy atom. The third-order valence-electron chi connectivity index (χ3n) is 0.656. The van der Waals surface area contributed by atoms with E-state index in [4.69, 9.17) is 21.1 Å². The summed E-state index contributed by atoms with van der Waals surface area (Å²) >= 11 is 4.97. The van der Waals surface area contributed by atoms with Crippen LogP contribution in [0, 0.1) is 0 Å². The lowest BCUT2D eigenvalue weighted by molar-refractivity contribution is 0.0729. The highest BCUT2D eigenvalue weighted by Crippen LogP contribution is 2.26. The fourth-order valence-corrected chi connectivity index (χ4v) is 0.760. The summed E-state index contributed by atoms with van der Waals surface area (Å²) in [7, 11) is -2.04. The van der Waals surface area contributed by atoms with Gasteiger partial charge in [0, 0.05) is 0 Å². The van der Waals surface area contributed by atoms with Crippen LogP contribution in [0.5, 0.6) is 0 Å². The van der Waals surface area contributed by atoms with Crippen LogP contribution in [-0.2, 0) is 13.8 Å². The molecule has 6 heteroatoms. The minimum absolute atomic E-state index is 0.0208. The zero-order chi connectivity index (χ0) is 7.82. The summed E-state index contributed by atoms with van der Waals surface area (Å²) in [5.41, 5.74) is 0. The first kappa shape index (κ1) is 10.3. The lowest BCUT2D eigenvalue weighted by Gasteiger charge is -1.95. The molecule has 0 rings (SSSR count). The number of aliphatic hydroxyl groups excluding tert-OH is 1. The minimum Gasteiger partial charge on any atom is -0.394 e. The van der Waals surface area contributed by atoms with Crippen molar-refractivity contribution in [3.63, 3.8) is 0 Å². The molecule has 0 aliphatic heterocycles. The van der Waals surface area contributed by atoms with E-state index in [0.29, 0.717) is 6.61 Å². The fraction of sp³-hybridized carbons (Fsp3) is 1.00. The Balaban J connectivity index is 2.84. The highest BCUT2D eigenvalue weighted by atomic mass is 35.7. The molecule has 0 saturated carbocycles. The molecular weight excluding hydrogens is 178 g/mol. The van der Waals surface area contributed by atoms with Crippen molar-refractivity contribution >= 4 is 18.6 Å². The van der Waals surface area contributed by atoms with Crippen molar-refractivity contribution in [2.45, 2.75) is 0 Å². The summed E-state index contributed by atoms with van der Waals surface area (Å²) in [6.45, 7) is 0.739. The summed E-state index contributed by atoms with van der Waals surface area (Å²) in [5.74, 6) is 0. The Labute approximate surface area is 64.7 Å². The van der Waals surface area contributed by atoms with Crippen LogP contribution in [0.4, 0.5) is 0 Å². The van der Waals surface area contributed by atoms with Gasteiger partial charge in [-0.15, -0.1) is 4.52 Å². The Hall–Kier alpha value is 0.270. The molecular formula is C4H9ClO4P+. The van der Waals surface area contributed by atoms with Gasteiger partial charge < -0.3 is 9.84 Å². The van der Waals surface area contributed by atoms with E-state index in [1.165, 1.54) is 0 Å². The van der Waals surface area contributed by atoms with Crippen molar-refractivity contribution in [3.05, 3.63) is 0 Å². The molecule has 10 heavy (non-hydrogen) atoms. The summed E-state index contributed by atoms with van der Waals surface area (Å²) in [5, 5.41) is 8.23. The molecule has 0 aromatic rings. The van der Waals surface area contributed by atoms with E-state index in [2.05, 4.69) is 4.52 Å². The molecule has 0 aromatic heterocycles. The summed E-state index contributed by atoms with van der Waals surface area (Å²) in [6, 6.07) is 0. The summed E-state index contributed by atoms with van der Waals surface area (Å²) < 4.78 is 19.3. The highest BCUT2D eigenvalue weighted by Gasteiger charge is 2.10. The average molecular weight is 188 g/mol. The fourth-order valence-electron chi connectivity index (χ4n) is 0.335. The number of hydrogen-bond acceptors (Lipinski definition) is 4. The predicted octanol–water partition coefficient (Wildman–Crippen LogP) is 0.908. The number of aliphatic hydroxyl groups is 1. The van der Waals surface area contributed by atoms with Gasteiger partial charge in [0.15, 0.2) is 0 Å². The van der Waals surface area contributed by atoms with Gasteiger partial charge in [-0.2, -0.15) is 0 Å². The largest absolute Gasteiger partial charge is 0.633 e. The van der Waals surface area contributed by atoms with Crippen LogP contribution >= 0.6 is 18.6 Å². The van der Waals surface area contributed by atoms with E-state index in [9.17, 15) is 4.57 Å². The molecule has 1 atom stereocenters.